The van der Waals surface area contributed by atoms with Crippen LogP contribution < -0.4 is 0 Å². The maximum atomic E-state index is 11.9. The Morgan fingerprint density at radius 2 is 1.95 bits per heavy atom. The van der Waals surface area contributed by atoms with Crippen molar-refractivity contribution in [3.63, 3.8) is 0 Å². The average Bonchev–Trinajstić information content (AvgIpc) is 2.55. The molecule has 8 heteroatoms. The lowest BCUT2D eigenvalue weighted by Gasteiger charge is -2.26. The highest BCUT2D eigenvalue weighted by Crippen LogP contribution is 2.23. The van der Waals surface area contributed by atoms with Gasteiger partial charge in [-0.05, 0) is 20.8 Å². The maximum absolute atomic E-state index is 11.9. The van der Waals surface area contributed by atoms with Crippen LogP contribution in [0.4, 0.5) is 4.79 Å². The number of nitrogens with zero attached hydrogens (tertiary/aromatic N) is 1. The Labute approximate surface area is 113 Å². The number of aldehydes is 1. The van der Waals surface area contributed by atoms with Gasteiger partial charge in [-0.3, -0.25) is 9.08 Å². The average molecular weight is 293 g/mol. The lowest BCUT2D eigenvalue weighted by molar-refractivity contribution is -0.111. The van der Waals surface area contributed by atoms with Gasteiger partial charge in [0.1, 0.15) is 11.9 Å². The van der Waals surface area contributed by atoms with Gasteiger partial charge in [0, 0.05) is 6.42 Å². The molecular formula is C11H19NO6S. The van der Waals surface area contributed by atoms with Crippen LogP contribution in [0.5, 0.6) is 0 Å². The molecule has 0 aromatic carbocycles. The van der Waals surface area contributed by atoms with Gasteiger partial charge in [0.15, 0.2) is 0 Å². The molecule has 1 heterocycles. The van der Waals surface area contributed by atoms with Crippen LogP contribution in [0.25, 0.3) is 0 Å². The van der Waals surface area contributed by atoms with Gasteiger partial charge in [-0.25, -0.2) is 4.79 Å². The van der Waals surface area contributed by atoms with Crippen LogP contribution in [-0.2, 0) is 23.8 Å². The number of carbonyl (C=O) groups is 2. The van der Waals surface area contributed by atoms with Crippen LogP contribution in [0.1, 0.15) is 27.2 Å². The lowest BCUT2D eigenvalue weighted by Crippen LogP contribution is -2.40. The molecule has 0 bridgehead atoms. The highest BCUT2D eigenvalue weighted by Gasteiger charge is 2.39. The first kappa shape index (κ1) is 15.9. The summed E-state index contributed by atoms with van der Waals surface area (Å²) in [6, 6.07) is -0.721. The molecule has 2 atom stereocenters. The molecule has 7 nitrogen and oxygen atoms in total. The molecule has 0 aromatic rings. The number of ether oxygens (including phenoxy) is 1. The van der Waals surface area contributed by atoms with E-state index in [1.54, 1.807) is 20.8 Å². The van der Waals surface area contributed by atoms with Gasteiger partial charge in [-0.2, -0.15) is 8.42 Å². The zero-order valence-corrected chi connectivity index (χ0v) is 12.3. The predicted octanol–water partition coefficient (Wildman–Crippen LogP) is 0.540. The first-order chi connectivity index (χ1) is 8.52. The van der Waals surface area contributed by atoms with E-state index in [0.29, 0.717) is 6.29 Å². The van der Waals surface area contributed by atoms with Gasteiger partial charge in [-0.1, -0.05) is 0 Å². The Morgan fingerprint density at radius 3 is 2.37 bits per heavy atom. The summed E-state index contributed by atoms with van der Waals surface area (Å²) in [5, 5.41) is 0. The van der Waals surface area contributed by atoms with Crippen LogP contribution in [0.3, 0.4) is 0 Å². The fourth-order valence-corrected chi connectivity index (χ4v) is 2.44. The lowest BCUT2D eigenvalue weighted by atomic mass is 10.2. The van der Waals surface area contributed by atoms with Crippen molar-refractivity contribution in [1.29, 1.82) is 0 Å². The summed E-state index contributed by atoms with van der Waals surface area (Å²) in [7, 11) is -3.62. The minimum Gasteiger partial charge on any atom is -0.444 e. The van der Waals surface area contributed by atoms with E-state index in [-0.39, 0.29) is 13.0 Å². The molecule has 0 spiro atoms. The SMILES string of the molecule is CC(C)(C)OC(=O)N1CC(OS(C)(=O)=O)CC1C=O. The molecule has 1 amide bonds. The normalized spacial score (nSPS) is 24.3. The van der Waals surface area contributed by atoms with Gasteiger partial charge in [-0.15, -0.1) is 0 Å². The molecule has 0 aromatic heterocycles. The quantitative estimate of drug-likeness (QED) is 0.557. The topological polar surface area (TPSA) is 90.0 Å². The van der Waals surface area contributed by atoms with Crippen molar-refractivity contribution in [2.24, 2.45) is 0 Å². The van der Waals surface area contributed by atoms with Crippen molar-refractivity contribution >= 4 is 22.5 Å². The summed E-state index contributed by atoms with van der Waals surface area (Å²) >= 11 is 0. The summed E-state index contributed by atoms with van der Waals surface area (Å²) in [5.74, 6) is 0. The first-order valence-corrected chi connectivity index (χ1v) is 7.66. The van der Waals surface area contributed by atoms with Crippen molar-refractivity contribution in [2.75, 3.05) is 12.8 Å². The molecule has 1 fully saturated rings. The molecule has 110 valence electrons. The highest BCUT2D eigenvalue weighted by atomic mass is 32.2. The number of hydrogen-bond donors (Lipinski definition) is 0. The van der Waals surface area contributed by atoms with Crippen molar-refractivity contribution in [1.82, 2.24) is 4.90 Å². The van der Waals surface area contributed by atoms with E-state index in [1.165, 1.54) is 4.90 Å². The molecule has 0 radical (unpaired) electrons. The number of rotatable bonds is 3. The van der Waals surface area contributed by atoms with Gasteiger partial charge < -0.3 is 9.53 Å². The summed E-state index contributed by atoms with van der Waals surface area (Å²) in [6.45, 7) is 5.15. The van der Waals surface area contributed by atoms with Gasteiger partial charge in [0.25, 0.3) is 10.1 Å². The smallest absolute Gasteiger partial charge is 0.410 e. The van der Waals surface area contributed by atoms with Gasteiger partial charge >= 0.3 is 6.09 Å². The Balaban J connectivity index is 2.73. The van der Waals surface area contributed by atoms with Gasteiger partial charge in [0.05, 0.1) is 24.9 Å². The standard InChI is InChI=1S/C11H19NO6S/c1-11(2,3)17-10(14)12-6-9(5-8(12)7-13)18-19(4,15)16/h7-9H,5-6H2,1-4H3. The highest BCUT2D eigenvalue weighted by molar-refractivity contribution is 7.86. The molecule has 0 N–H and O–H groups in total. The van der Waals surface area contributed by atoms with Crippen LogP contribution >= 0.6 is 0 Å². The number of carbonyl (C=O) groups excluding carboxylic acids is 2. The minimum atomic E-state index is -3.62. The second kappa shape index (κ2) is 5.46. The van der Waals surface area contributed by atoms with E-state index in [9.17, 15) is 18.0 Å². The number of amides is 1. The third kappa shape index (κ3) is 5.15. The third-order valence-electron chi connectivity index (χ3n) is 2.40. The van der Waals surface area contributed by atoms with E-state index in [4.69, 9.17) is 8.92 Å². The molecule has 0 aliphatic carbocycles. The summed E-state index contributed by atoms with van der Waals surface area (Å²) in [5.41, 5.74) is -0.680. The predicted molar refractivity (Wildman–Crippen MR) is 67.1 cm³/mol. The summed E-state index contributed by atoms with van der Waals surface area (Å²) in [4.78, 5) is 24.0. The fourth-order valence-electron chi connectivity index (χ4n) is 1.80. The second-order valence-electron chi connectivity index (χ2n) is 5.49. The maximum Gasteiger partial charge on any atom is 0.410 e. The zero-order chi connectivity index (χ0) is 14.8. The first-order valence-electron chi connectivity index (χ1n) is 5.85. The molecular weight excluding hydrogens is 274 g/mol. The van der Waals surface area contributed by atoms with E-state index in [0.717, 1.165) is 6.26 Å². The van der Waals surface area contributed by atoms with E-state index >= 15 is 0 Å². The molecule has 1 rings (SSSR count). The Bertz CT molecular complexity index is 452. The largest absolute Gasteiger partial charge is 0.444 e. The van der Waals surface area contributed by atoms with E-state index < -0.39 is 34.0 Å². The summed E-state index contributed by atoms with van der Waals surface area (Å²) in [6.07, 6.45) is 0.312. The Kier molecular flexibility index (Phi) is 4.57. The molecule has 1 aliphatic heterocycles. The van der Waals surface area contributed by atoms with Gasteiger partial charge in [0.2, 0.25) is 0 Å². The minimum absolute atomic E-state index is 0.0192. The molecule has 1 saturated heterocycles. The molecule has 0 saturated carbocycles. The monoisotopic (exact) mass is 293 g/mol. The summed E-state index contributed by atoms with van der Waals surface area (Å²) < 4.78 is 32.0. The van der Waals surface area contributed by atoms with Crippen molar-refractivity contribution in [3.8, 4) is 0 Å². The van der Waals surface area contributed by atoms with Crippen molar-refractivity contribution in [3.05, 3.63) is 0 Å². The Morgan fingerprint density at radius 1 is 1.37 bits per heavy atom. The molecule has 19 heavy (non-hydrogen) atoms. The number of hydrogen-bond acceptors (Lipinski definition) is 6. The van der Waals surface area contributed by atoms with Crippen LogP contribution in [0, 0.1) is 0 Å². The molecule has 1 aliphatic rings. The number of likely N-dealkylation sites (tertiary alicyclic amines) is 1. The molecule has 2 unspecified atom stereocenters. The van der Waals surface area contributed by atoms with Crippen LogP contribution in [0.15, 0.2) is 0 Å². The second-order valence-corrected chi connectivity index (χ2v) is 7.09. The van der Waals surface area contributed by atoms with Crippen LogP contribution in [0.2, 0.25) is 0 Å². The fraction of sp³-hybridized carbons (Fsp3) is 0.818. The Hall–Kier alpha value is -1.15. The van der Waals surface area contributed by atoms with E-state index in [2.05, 4.69) is 0 Å². The van der Waals surface area contributed by atoms with Crippen molar-refractivity contribution in [2.45, 2.75) is 44.9 Å². The van der Waals surface area contributed by atoms with Crippen molar-refractivity contribution < 1.29 is 26.9 Å². The third-order valence-corrected chi connectivity index (χ3v) is 3.02. The zero-order valence-electron chi connectivity index (χ0n) is 11.5. The van der Waals surface area contributed by atoms with Crippen LogP contribution in [-0.4, -0.2) is 56.2 Å². The van der Waals surface area contributed by atoms with E-state index in [1.807, 2.05) is 0 Å².